The summed E-state index contributed by atoms with van der Waals surface area (Å²) < 4.78 is 4.64. The molecule has 0 radical (unpaired) electrons. The third-order valence-corrected chi connectivity index (χ3v) is 1.16. The molecule has 1 heterocycles. The molecule has 1 aromatic heterocycles. The summed E-state index contributed by atoms with van der Waals surface area (Å²) in [6.45, 7) is 3.57. The molecular formula is C6H7NO2. The second kappa shape index (κ2) is 2.01. The van der Waals surface area contributed by atoms with Crippen molar-refractivity contribution in [3.05, 3.63) is 28.1 Å². The molecule has 48 valence electrons. The molecule has 3 nitrogen and oxygen atoms in total. The van der Waals surface area contributed by atoms with E-state index in [9.17, 15) is 4.79 Å². The van der Waals surface area contributed by atoms with E-state index < -0.39 is 5.76 Å². The monoisotopic (exact) mass is 125 g/mol. The van der Waals surface area contributed by atoms with Crippen LogP contribution >= 0.6 is 0 Å². The highest BCUT2D eigenvalue weighted by molar-refractivity contribution is 5.07. The molecular weight excluding hydrogens is 118 g/mol. The van der Waals surface area contributed by atoms with Gasteiger partial charge in [0.1, 0.15) is 5.76 Å². The van der Waals surface area contributed by atoms with Crippen LogP contribution < -0.4 is 5.76 Å². The van der Waals surface area contributed by atoms with E-state index in [0.29, 0.717) is 5.76 Å². The highest BCUT2D eigenvalue weighted by atomic mass is 16.4. The molecule has 0 aliphatic heterocycles. The number of nitrogens with zero attached hydrogens (tertiary/aromatic N) is 1. The van der Waals surface area contributed by atoms with E-state index in [-0.39, 0.29) is 0 Å². The fraction of sp³-hybridized carbons (Fsp3) is 0.333. The molecule has 3 heteroatoms. The van der Waals surface area contributed by atoms with E-state index in [0.717, 1.165) is 5.56 Å². The minimum atomic E-state index is -0.530. The molecule has 0 N–H and O–H groups in total. The summed E-state index contributed by atoms with van der Waals surface area (Å²) in [5.74, 6) is 0.105. The second-order valence-electron chi connectivity index (χ2n) is 1.87. The number of rotatable bonds is 0. The van der Waals surface area contributed by atoms with Crippen LogP contribution in [0.4, 0.5) is 0 Å². The Hall–Kier alpha value is -1.12. The lowest BCUT2D eigenvalue weighted by atomic mass is 10.3. The Balaban J connectivity index is 3.34. The summed E-state index contributed by atoms with van der Waals surface area (Å²) in [7, 11) is 0. The molecule has 1 rings (SSSR count). The second-order valence-corrected chi connectivity index (χ2v) is 1.87. The van der Waals surface area contributed by atoms with Crippen molar-refractivity contribution in [1.82, 2.24) is 4.98 Å². The van der Waals surface area contributed by atoms with Gasteiger partial charge in [0, 0.05) is 11.8 Å². The average Bonchev–Trinajstić information content (AvgIpc) is 1.80. The molecule has 1 aromatic rings. The van der Waals surface area contributed by atoms with Crippen molar-refractivity contribution >= 4 is 0 Å². The lowest BCUT2D eigenvalue weighted by Crippen LogP contribution is -2.03. The Kier molecular flexibility index (Phi) is 1.34. The molecule has 0 aliphatic carbocycles. The van der Waals surface area contributed by atoms with E-state index in [1.807, 2.05) is 6.92 Å². The van der Waals surface area contributed by atoms with Gasteiger partial charge in [0.25, 0.3) is 0 Å². The van der Waals surface area contributed by atoms with Crippen LogP contribution in [-0.4, -0.2) is 4.98 Å². The molecule has 0 spiro atoms. The van der Waals surface area contributed by atoms with Gasteiger partial charge in [-0.2, -0.15) is 4.98 Å². The Morgan fingerprint density at radius 3 is 2.67 bits per heavy atom. The molecule has 0 aliphatic rings. The number of hydrogen-bond donors (Lipinski definition) is 0. The van der Waals surface area contributed by atoms with Crippen molar-refractivity contribution in [3.8, 4) is 0 Å². The topological polar surface area (TPSA) is 43.1 Å². The first kappa shape index (κ1) is 6.01. The van der Waals surface area contributed by atoms with E-state index in [1.54, 1.807) is 6.92 Å². The highest BCUT2D eigenvalue weighted by Crippen LogP contribution is 1.97. The Labute approximate surface area is 52.3 Å². The van der Waals surface area contributed by atoms with Crippen LogP contribution in [0, 0.1) is 13.8 Å². The van der Waals surface area contributed by atoms with Crippen molar-refractivity contribution in [2.75, 3.05) is 0 Å². The van der Waals surface area contributed by atoms with Crippen molar-refractivity contribution in [3.63, 3.8) is 0 Å². The van der Waals surface area contributed by atoms with E-state index in [1.165, 1.54) is 6.20 Å². The van der Waals surface area contributed by atoms with Gasteiger partial charge >= 0.3 is 5.76 Å². The van der Waals surface area contributed by atoms with E-state index >= 15 is 0 Å². The van der Waals surface area contributed by atoms with Gasteiger partial charge in [0.05, 0.1) is 0 Å². The zero-order valence-electron chi connectivity index (χ0n) is 5.34. The Bertz CT molecular complexity index is 264. The maximum atomic E-state index is 10.4. The molecule has 0 saturated heterocycles. The number of aromatic nitrogens is 1. The normalized spacial score (nSPS) is 9.56. The molecule has 9 heavy (non-hydrogen) atoms. The molecule has 0 aromatic carbocycles. The predicted octanol–water partition coefficient (Wildman–Crippen LogP) is 0.652. The fourth-order valence-electron chi connectivity index (χ4n) is 0.478. The standard InChI is InChI=1S/C6H7NO2/c1-4-3-7-6(8)9-5(4)2/h3H,1-2H3. The summed E-state index contributed by atoms with van der Waals surface area (Å²) in [5, 5.41) is 0. The van der Waals surface area contributed by atoms with Gasteiger partial charge in [-0.3, -0.25) is 0 Å². The van der Waals surface area contributed by atoms with Gasteiger partial charge in [-0.25, -0.2) is 4.79 Å². The minimum absolute atomic E-state index is 0.530. The van der Waals surface area contributed by atoms with Gasteiger partial charge in [-0.1, -0.05) is 0 Å². The molecule has 0 fully saturated rings. The van der Waals surface area contributed by atoms with Crippen molar-refractivity contribution < 1.29 is 4.42 Å². The zero-order valence-corrected chi connectivity index (χ0v) is 5.34. The molecule has 0 unspecified atom stereocenters. The first-order chi connectivity index (χ1) is 4.20. The van der Waals surface area contributed by atoms with Gasteiger partial charge in [-0.15, -0.1) is 0 Å². The zero-order chi connectivity index (χ0) is 6.85. The van der Waals surface area contributed by atoms with Crippen molar-refractivity contribution in [1.29, 1.82) is 0 Å². The first-order valence-corrected chi connectivity index (χ1v) is 2.63. The molecule has 0 amide bonds. The number of aryl methyl sites for hydroxylation is 2. The van der Waals surface area contributed by atoms with Crippen molar-refractivity contribution in [2.45, 2.75) is 13.8 Å². The molecule has 0 atom stereocenters. The van der Waals surface area contributed by atoms with E-state index in [4.69, 9.17) is 0 Å². The summed E-state index contributed by atoms with van der Waals surface area (Å²) in [5.41, 5.74) is 0.898. The quantitative estimate of drug-likeness (QED) is 0.511. The third kappa shape index (κ3) is 1.16. The SMILES string of the molecule is Cc1cnc(=O)oc1C. The van der Waals surface area contributed by atoms with Gasteiger partial charge in [0.15, 0.2) is 0 Å². The molecule has 0 bridgehead atoms. The first-order valence-electron chi connectivity index (χ1n) is 2.63. The smallest absolute Gasteiger partial charge is 0.413 e. The van der Waals surface area contributed by atoms with Crippen LogP contribution in [0.1, 0.15) is 11.3 Å². The van der Waals surface area contributed by atoms with Crippen LogP contribution in [0.3, 0.4) is 0 Å². The summed E-state index contributed by atoms with van der Waals surface area (Å²) in [4.78, 5) is 13.8. The Morgan fingerprint density at radius 2 is 2.22 bits per heavy atom. The molecule has 0 saturated carbocycles. The van der Waals surface area contributed by atoms with Gasteiger partial charge < -0.3 is 4.42 Å². The fourth-order valence-corrected chi connectivity index (χ4v) is 0.478. The largest absolute Gasteiger partial charge is 0.438 e. The maximum absolute atomic E-state index is 10.4. The van der Waals surface area contributed by atoms with Crippen molar-refractivity contribution in [2.24, 2.45) is 0 Å². The maximum Gasteiger partial charge on any atom is 0.438 e. The predicted molar refractivity (Wildman–Crippen MR) is 32.2 cm³/mol. The summed E-state index contributed by atoms with van der Waals surface area (Å²) in [6, 6.07) is 0. The lowest BCUT2D eigenvalue weighted by molar-refractivity contribution is 0.450. The van der Waals surface area contributed by atoms with E-state index in [2.05, 4.69) is 9.40 Å². The minimum Gasteiger partial charge on any atom is -0.413 e. The highest BCUT2D eigenvalue weighted by Gasteiger charge is 1.93. The summed E-state index contributed by atoms with van der Waals surface area (Å²) in [6.07, 6.45) is 1.50. The van der Waals surface area contributed by atoms with Crippen LogP contribution in [0.5, 0.6) is 0 Å². The third-order valence-electron chi connectivity index (χ3n) is 1.16. The average molecular weight is 125 g/mol. The van der Waals surface area contributed by atoms with Gasteiger partial charge in [-0.05, 0) is 13.8 Å². The van der Waals surface area contributed by atoms with Crippen LogP contribution in [0.15, 0.2) is 15.4 Å². The van der Waals surface area contributed by atoms with Crippen LogP contribution in [0.2, 0.25) is 0 Å². The number of hydrogen-bond acceptors (Lipinski definition) is 3. The Morgan fingerprint density at radius 1 is 1.56 bits per heavy atom. The van der Waals surface area contributed by atoms with Gasteiger partial charge in [0.2, 0.25) is 0 Å². The summed E-state index contributed by atoms with van der Waals surface area (Å²) >= 11 is 0. The van der Waals surface area contributed by atoms with Crippen LogP contribution in [0.25, 0.3) is 0 Å². The lowest BCUT2D eigenvalue weighted by Gasteiger charge is -1.91. The van der Waals surface area contributed by atoms with Crippen LogP contribution in [-0.2, 0) is 0 Å².